The number of alkyl carbamates (subject to hydrolysis) is 1. The number of hydrogen-bond acceptors (Lipinski definition) is 6. The van der Waals surface area contributed by atoms with Gasteiger partial charge in [0.15, 0.2) is 0 Å². The van der Waals surface area contributed by atoms with Crippen molar-refractivity contribution in [1.82, 2.24) is 10.2 Å². The summed E-state index contributed by atoms with van der Waals surface area (Å²) in [5.41, 5.74) is 3.35. The smallest absolute Gasteiger partial charge is 0.407 e. The zero-order valence-corrected chi connectivity index (χ0v) is 19.9. The lowest BCUT2D eigenvalue weighted by Crippen LogP contribution is -2.55. The number of rotatable bonds is 9. The molecule has 1 saturated heterocycles. The maximum Gasteiger partial charge on any atom is 0.407 e. The van der Waals surface area contributed by atoms with E-state index in [1.807, 2.05) is 36.4 Å². The van der Waals surface area contributed by atoms with Crippen LogP contribution < -0.4 is 5.32 Å². The van der Waals surface area contributed by atoms with Gasteiger partial charge in [-0.2, -0.15) is 0 Å². The van der Waals surface area contributed by atoms with Crippen molar-refractivity contribution in [2.24, 2.45) is 5.41 Å². The second kappa shape index (κ2) is 10.5. The van der Waals surface area contributed by atoms with E-state index in [1.165, 1.54) is 12.0 Å². The minimum atomic E-state index is -1.13. The van der Waals surface area contributed by atoms with Crippen LogP contribution in [0.4, 0.5) is 4.79 Å². The third kappa shape index (κ3) is 5.01. The number of ether oxygens (including phenoxy) is 3. The van der Waals surface area contributed by atoms with Gasteiger partial charge in [-0.1, -0.05) is 48.5 Å². The number of nitrogens with one attached hydrogen (secondary N) is 1. The molecule has 0 saturated carbocycles. The van der Waals surface area contributed by atoms with Crippen LogP contribution in [-0.4, -0.2) is 80.6 Å². The number of carboxylic acids is 1. The van der Waals surface area contributed by atoms with E-state index in [2.05, 4.69) is 17.4 Å². The molecular weight excluding hydrogens is 452 g/mol. The third-order valence-corrected chi connectivity index (χ3v) is 6.76. The first-order chi connectivity index (χ1) is 16.8. The molecule has 0 spiro atoms. The van der Waals surface area contributed by atoms with E-state index in [-0.39, 0.29) is 38.9 Å². The molecule has 1 aliphatic heterocycles. The summed E-state index contributed by atoms with van der Waals surface area (Å²) in [5, 5.41) is 12.0. The number of benzene rings is 2. The fourth-order valence-corrected chi connectivity index (χ4v) is 4.85. The highest BCUT2D eigenvalue weighted by Gasteiger charge is 2.49. The number of amides is 2. The van der Waals surface area contributed by atoms with E-state index < -0.39 is 36.0 Å². The molecule has 0 aromatic heterocycles. The molecule has 35 heavy (non-hydrogen) atoms. The molecule has 4 rings (SSSR count). The van der Waals surface area contributed by atoms with Gasteiger partial charge < -0.3 is 29.5 Å². The summed E-state index contributed by atoms with van der Waals surface area (Å²) in [6.07, 6.45) is -0.650. The Hall–Kier alpha value is -3.43. The first-order valence-electron chi connectivity index (χ1n) is 11.5. The molecule has 2 aliphatic rings. The predicted octanol–water partition coefficient (Wildman–Crippen LogP) is 2.49. The molecule has 0 radical (unpaired) electrons. The van der Waals surface area contributed by atoms with Gasteiger partial charge in [0, 0.05) is 19.6 Å². The maximum absolute atomic E-state index is 13.3. The zero-order chi connectivity index (χ0) is 25.0. The van der Waals surface area contributed by atoms with Gasteiger partial charge >= 0.3 is 12.1 Å². The van der Waals surface area contributed by atoms with Crippen LogP contribution in [0.1, 0.15) is 24.0 Å². The molecule has 0 bridgehead atoms. The van der Waals surface area contributed by atoms with Crippen LogP contribution in [0.15, 0.2) is 48.5 Å². The first-order valence-corrected chi connectivity index (χ1v) is 11.5. The average molecular weight is 483 g/mol. The van der Waals surface area contributed by atoms with Crippen LogP contribution in [0.5, 0.6) is 0 Å². The summed E-state index contributed by atoms with van der Waals surface area (Å²) in [5.74, 6) is -1.63. The van der Waals surface area contributed by atoms with Crippen LogP contribution in [0.25, 0.3) is 11.1 Å². The number of methoxy groups -OCH3 is 1. The Morgan fingerprint density at radius 2 is 1.74 bits per heavy atom. The molecule has 1 heterocycles. The Morgan fingerprint density at radius 3 is 2.34 bits per heavy atom. The summed E-state index contributed by atoms with van der Waals surface area (Å²) < 4.78 is 16.2. The van der Waals surface area contributed by atoms with Crippen LogP contribution in [0, 0.1) is 5.41 Å². The van der Waals surface area contributed by atoms with Crippen molar-refractivity contribution in [3.8, 4) is 11.1 Å². The molecule has 186 valence electrons. The molecule has 2 amide bonds. The highest BCUT2D eigenvalue weighted by molar-refractivity contribution is 5.87. The molecule has 2 unspecified atom stereocenters. The second-order valence-corrected chi connectivity index (χ2v) is 9.07. The van der Waals surface area contributed by atoms with E-state index >= 15 is 0 Å². The Balaban J connectivity index is 1.42. The molecule has 2 aromatic carbocycles. The molecule has 2 atom stereocenters. The topological polar surface area (TPSA) is 114 Å². The molecule has 1 aliphatic carbocycles. The number of fused-ring (bicyclic) bond motifs is 3. The molecule has 9 heteroatoms. The Kier molecular flexibility index (Phi) is 7.37. The zero-order valence-electron chi connectivity index (χ0n) is 19.9. The van der Waals surface area contributed by atoms with Gasteiger partial charge in [-0.05, 0) is 29.2 Å². The van der Waals surface area contributed by atoms with Crippen LogP contribution in [0.3, 0.4) is 0 Å². The largest absolute Gasteiger partial charge is 0.480 e. The van der Waals surface area contributed by atoms with Crippen LogP contribution in [0.2, 0.25) is 0 Å². The number of carboxylic acid groups (broad SMARTS) is 1. The van der Waals surface area contributed by atoms with Gasteiger partial charge in [-0.3, -0.25) is 9.59 Å². The predicted molar refractivity (Wildman–Crippen MR) is 127 cm³/mol. The number of aliphatic carboxylic acids is 1. The second-order valence-electron chi connectivity index (χ2n) is 9.07. The summed E-state index contributed by atoms with van der Waals surface area (Å²) in [7, 11) is 1.48. The lowest BCUT2D eigenvalue weighted by Gasteiger charge is -2.33. The maximum atomic E-state index is 13.3. The SMILES string of the molecule is COCCN(CC(=O)O)C(=O)C1(C)COCC1NC(=O)OCC1c2ccccc2-c2ccccc21. The monoisotopic (exact) mass is 482 g/mol. The summed E-state index contributed by atoms with van der Waals surface area (Å²) in [6.45, 7) is 1.85. The van der Waals surface area contributed by atoms with Gasteiger partial charge in [-0.15, -0.1) is 0 Å². The lowest BCUT2D eigenvalue weighted by molar-refractivity contribution is -0.150. The standard InChI is InChI=1S/C26H30N2O7/c1-26(24(31)28(11-12-33-2)13-23(29)30)16-34-15-22(26)27-25(32)35-14-21-19-9-5-3-7-17(19)18-8-4-6-10-20(18)21/h3-10,21-22H,11-16H2,1-2H3,(H,27,32)(H,29,30). The molecular formula is C26H30N2O7. The molecule has 2 N–H and O–H groups in total. The van der Waals surface area contributed by atoms with Gasteiger partial charge in [0.1, 0.15) is 13.2 Å². The van der Waals surface area contributed by atoms with Crippen molar-refractivity contribution in [2.45, 2.75) is 18.9 Å². The van der Waals surface area contributed by atoms with Gasteiger partial charge in [0.2, 0.25) is 5.91 Å². The van der Waals surface area contributed by atoms with Gasteiger partial charge in [0.25, 0.3) is 0 Å². The fraction of sp³-hybridized carbons (Fsp3) is 0.423. The van der Waals surface area contributed by atoms with Crippen molar-refractivity contribution >= 4 is 18.0 Å². The van der Waals surface area contributed by atoms with E-state index in [9.17, 15) is 19.5 Å². The lowest BCUT2D eigenvalue weighted by atomic mass is 9.83. The third-order valence-electron chi connectivity index (χ3n) is 6.76. The van der Waals surface area contributed by atoms with E-state index in [0.717, 1.165) is 22.3 Å². The van der Waals surface area contributed by atoms with Crippen molar-refractivity contribution in [3.05, 3.63) is 59.7 Å². The highest BCUT2D eigenvalue weighted by atomic mass is 16.5. The Morgan fingerprint density at radius 1 is 1.11 bits per heavy atom. The van der Waals surface area contributed by atoms with Gasteiger partial charge in [0.05, 0.1) is 31.3 Å². The highest BCUT2D eigenvalue weighted by Crippen LogP contribution is 2.44. The fourth-order valence-electron chi connectivity index (χ4n) is 4.85. The Bertz CT molecular complexity index is 1060. The van der Waals surface area contributed by atoms with Crippen molar-refractivity contribution in [2.75, 3.05) is 46.6 Å². The molecule has 1 fully saturated rings. The van der Waals surface area contributed by atoms with Crippen molar-refractivity contribution in [1.29, 1.82) is 0 Å². The number of nitrogens with zero attached hydrogens (tertiary/aromatic N) is 1. The first kappa shape index (κ1) is 24.7. The van der Waals surface area contributed by atoms with Crippen molar-refractivity contribution < 1.29 is 33.7 Å². The van der Waals surface area contributed by atoms with Crippen LogP contribution >= 0.6 is 0 Å². The van der Waals surface area contributed by atoms with E-state index in [4.69, 9.17) is 14.2 Å². The minimum absolute atomic E-state index is 0.0588. The van der Waals surface area contributed by atoms with Gasteiger partial charge in [-0.25, -0.2) is 4.79 Å². The summed E-state index contributed by atoms with van der Waals surface area (Å²) in [4.78, 5) is 38.6. The number of carbonyl (C=O) groups excluding carboxylic acids is 2. The van der Waals surface area contributed by atoms with Crippen LogP contribution in [-0.2, 0) is 23.8 Å². The number of carbonyl (C=O) groups is 3. The molecule has 2 aromatic rings. The van der Waals surface area contributed by atoms with E-state index in [1.54, 1.807) is 6.92 Å². The normalized spacial score (nSPS) is 20.7. The summed E-state index contributed by atoms with van der Waals surface area (Å²) >= 11 is 0. The summed E-state index contributed by atoms with van der Waals surface area (Å²) in [6, 6.07) is 15.5. The van der Waals surface area contributed by atoms with E-state index in [0.29, 0.717) is 0 Å². The average Bonchev–Trinajstić information content (AvgIpc) is 3.38. The number of hydrogen-bond donors (Lipinski definition) is 2. The quantitative estimate of drug-likeness (QED) is 0.564. The van der Waals surface area contributed by atoms with Crippen molar-refractivity contribution in [3.63, 3.8) is 0 Å². The molecule has 9 nitrogen and oxygen atoms in total. The minimum Gasteiger partial charge on any atom is -0.480 e. The Labute approximate surface area is 204 Å².